The highest BCUT2D eigenvalue weighted by Crippen LogP contribution is 2.43. The van der Waals surface area contributed by atoms with E-state index in [0.717, 1.165) is 18.8 Å². The fraction of sp³-hybridized carbons (Fsp3) is 0.750. The van der Waals surface area contributed by atoms with E-state index in [4.69, 9.17) is 5.26 Å². The van der Waals surface area contributed by atoms with Gasteiger partial charge in [0, 0.05) is 0 Å². The first-order chi connectivity index (χ1) is 6.62. The highest BCUT2D eigenvalue weighted by molar-refractivity contribution is 5.01. The predicted octanol–water partition coefficient (Wildman–Crippen LogP) is 2.64. The Morgan fingerprint density at radius 1 is 1.64 bits per heavy atom. The van der Waals surface area contributed by atoms with Crippen molar-refractivity contribution >= 4 is 0 Å². The molecular formula is C12H19NO. The first-order valence-electron chi connectivity index (χ1n) is 5.33. The van der Waals surface area contributed by atoms with E-state index in [-0.39, 0.29) is 5.41 Å². The lowest BCUT2D eigenvalue weighted by atomic mass is 9.68. The second kappa shape index (κ2) is 4.61. The van der Waals surface area contributed by atoms with Crippen molar-refractivity contribution in [2.75, 3.05) is 0 Å². The molecule has 0 heterocycles. The topological polar surface area (TPSA) is 44.0 Å². The predicted molar refractivity (Wildman–Crippen MR) is 56.5 cm³/mol. The molecule has 2 heteroatoms. The maximum absolute atomic E-state index is 9.36. The van der Waals surface area contributed by atoms with E-state index in [9.17, 15) is 5.11 Å². The quantitative estimate of drug-likeness (QED) is 0.553. The molecule has 0 saturated heterocycles. The molecular weight excluding hydrogens is 174 g/mol. The second-order valence-corrected chi connectivity index (χ2v) is 4.60. The summed E-state index contributed by atoms with van der Waals surface area (Å²) < 4.78 is 0. The summed E-state index contributed by atoms with van der Waals surface area (Å²) in [4.78, 5) is 0. The van der Waals surface area contributed by atoms with Crippen LogP contribution in [0.1, 0.15) is 39.0 Å². The maximum atomic E-state index is 9.36. The fourth-order valence-corrected chi connectivity index (χ4v) is 2.26. The maximum Gasteiger partial charge on any atom is 0.141 e. The van der Waals surface area contributed by atoms with Gasteiger partial charge >= 0.3 is 0 Å². The molecule has 14 heavy (non-hydrogen) atoms. The molecule has 0 spiro atoms. The Balaban J connectivity index is 2.59. The van der Waals surface area contributed by atoms with Crippen molar-refractivity contribution in [1.29, 1.82) is 5.26 Å². The zero-order chi connectivity index (χ0) is 10.6. The standard InChI is InChI=1S/C12H19NO/c1-3-12(8-11(14)9-13)6-4-10(2)5-7-12/h3,10-11,14H,1,4-8H2,2H3/t10?,11-,12?/m1/s1. The SMILES string of the molecule is C=CC1(C[C@@H](O)C#N)CCC(C)CC1. The third kappa shape index (κ3) is 2.59. The van der Waals surface area contributed by atoms with Gasteiger partial charge in [-0.3, -0.25) is 0 Å². The van der Waals surface area contributed by atoms with Crippen LogP contribution in [0.3, 0.4) is 0 Å². The highest BCUT2D eigenvalue weighted by atomic mass is 16.3. The summed E-state index contributed by atoms with van der Waals surface area (Å²) in [6.45, 7) is 6.11. The van der Waals surface area contributed by atoms with Crippen molar-refractivity contribution in [2.24, 2.45) is 11.3 Å². The van der Waals surface area contributed by atoms with Crippen LogP contribution in [-0.4, -0.2) is 11.2 Å². The molecule has 0 amide bonds. The van der Waals surface area contributed by atoms with Crippen molar-refractivity contribution in [3.05, 3.63) is 12.7 Å². The number of nitriles is 1. The summed E-state index contributed by atoms with van der Waals surface area (Å²) in [6, 6.07) is 1.89. The Morgan fingerprint density at radius 3 is 2.64 bits per heavy atom. The number of aliphatic hydroxyl groups is 1. The van der Waals surface area contributed by atoms with Crippen LogP contribution in [0.15, 0.2) is 12.7 Å². The normalized spacial score (nSPS) is 34.5. The van der Waals surface area contributed by atoms with Crippen LogP contribution in [0.5, 0.6) is 0 Å². The molecule has 0 unspecified atom stereocenters. The van der Waals surface area contributed by atoms with Crippen LogP contribution in [0.25, 0.3) is 0 Å². The van der Waals surface area contributed by atoms with Crippen molar-refractivity contribution in [2.45, 2.75) is 45.1 Å². The Labute approximate surface area is 86.2 Å². The zero-order valence-corrected chi connectivity index (χ0v) is 8.87. The van der Waals surface area contributed by atoms with Crippen LogP contribution < -0.4 is 0 Å². The van der Waals surface area contributed by atoms with Crippen LogP contribution in [0.4, 0.5) is 0 Å². The van der Waals surface area contributed by atoms with E-state index < -0.39 is 6.10 Å². The molecule has 0 aliphatic heterocycles. The van der Waals surface area contributed by atoms with Gasteiger partial charge in [0.15, 0.2) is 0 Å². The second-order valence-electron chi connectivity index (χ2n) is 4.60. The van der Waals surface area contributed by atoms with Gasteiger partial charge in [-0.2, -0.15) is 5.26 Å². The Morgan fingerprint density at radius 2 is 2.21 bits per heavy atom. The Hall–Kier alpha value is -0.810. The summed E-state index contributed by atoms with van der Waals surface area (Å²) in [7, 11) is 0. The van der Waals surface area contributed by atoms with Gasteiger partial charge in [0.05, 0.1) is 6.07 Å². The zero-order valence-electron chi connectivity index (χ0n) is 8.87. The van der Waals surface area contributed by atoms with Gasteiger partial charge in [-0.15, -0.1) is 6.58 Å². The molecule has 1 saturated carbocycles. The lowest BCUT2D eigenvalue weighted by Gasteiger charge is -2.37. The molecule has 0 aromatic carbocycles. The van der Waals surface area contributed by atoms with Crippen LogP contribution in [0, 0.1) is 22.7 Å². The largest absolute Gasteiger partial charge is 0.378 e. The molecule has 1 N–H and O–H groups in total. The van der Waals surface area contributed by atoms with Crippen molar-refractivity contribution in [3.63, 3.8) is 0 Å². The van der Waals surface area contributed by atoms with Crippen molar-refractivity contribution in [1.82, 2.24) is 0 Å². The van der Waals surface area contributed by atoms with E-state index in [0.29, 0.717) is 6.42 Å². The molecule has 1 aliphatic carbocycles. The van der Waals surface area contributed by atoms with E-state index in [2.05, 4.69) is 13.5 Å². The van der Waals surface area contributed by atoms with E-state index in [1.807, 2.05) is 12.1 Å². The van der Waals surface area contributed by atoms with Gasteiger partial charge in [-0.05, 0) is 43.4 Å². The lowest BCUT2D eigenvalue weighted by Crippen LogP contribution is -2.28. The summed E-state index contributed by atoms with van der Waals surface area (Å²) in [6.07, 6.45) is 6.17. The van der Waals surface area contributed by atoms with Crippen molar-refractivity contribution in [3.8, 4) is 6.07 Å². The molecule has 1 fully saturated rings. The van der Waals surface area contributed by atoms with Gasteiger partial charge in [0.2, 0.25) is 0 Å². The minimum absolute atomic E-state index is 0.0155. The molecule has 1 rings (SSSR count). The van der Waals surface area contributed by atoms with Gasteiger partial charge in [0.1, 0.15) is 6.10 Å². The van der Waals surface area contributed by atoms with E-state index in [1.54, 1.807) is 0 Å². The number of aliphatic hydroxyl groups excluding tert-OH is 1. The molecule has 2 nitrogen and oxygen atoms in total. The van der Waals surface area contributed by atoms with E-state index in [1.165, 1.54) is 12.8 Å². The van der Waals surface area contributed by atoms with Crippen LogP contribution >= 0.6 is 0 Å². The molecule has 0 bridgehead atoms. The first kappa shape index (κ1) is 11.3. The third-order valence-corrected chi connectivity index (χ3v) is 3.45. The number of rotatable bonds is 3. The average Bonchev–Trinajstić information content (AvgIpc) is 2.22. The number of hydrogen-bond acceptors (Lipinski definition) is 2. The monoisotopic (exact) mass is 193 g/mol. The molecule has 0 radical (unpaired) electrons. The highest BCUT2D eigenvalue weighted by Gasteiger charge is 2.33. The minimum atomic E-state index is -0.832. The summed E-state index contributed by atoms with van der Waals surface area (Å²) in [5.74, 6) is 0.780. The van der Waals surface area contributed by atoms with Gasteiger partial charge in [-0.1, -0.05) is 13.0 Å². The van der Waals surface area contributed by atoms with Crippen LogP contribution in [0.2, 0.25) is 0 Å². The fourth-order valence-electron chi connectivity index (χ4n) is 2.26. The smallest absolute Gasteiger partial charge is 0.141 e. The van der Waals surface area contributed by atoms with Crippen LogP contribution in [-0.2, 0) is 0 Å². The van der Waals surface area contributed by atoms with Gasteiger partial charge in [-0.25, -0.2) is 0 Å². The van der Waals surface area contributed by atoms with E-state index >= 15 is 0 Å². The average molecular weight is 193 g/mol. The summed E-state index contributed by atoms with van der Waals surface area (Å²) in [5.41, 5.74) is 0.0155. The van der Waals surface area contributed by atoms with Gasteiger partial charge in [0.25, 0.3) is 0 Å². The number of hydrogen-bond donors (Lipinski definition) is 1. The first-order valence-corrected chi connectivity index (χ1v) is 5.33. The molecule has 78 valence electrons. The summed E-state index contributed by atoms with van der Waals surface area (Å²) in [5, 5.41) is 18.0. The lowest BCUT2D eigenvalue weighted by molar-refractivity contribution is 0.121. The molecule has 0 aromatic rings. The summed E-state index contributed by atoms with van der Waals surface area (Å²) >= 11 is 0. The van der Waals surface area contributed by atoms with Crippen molar-refractivity contribution < 1.29 is 5.11 Å². The molecule has 0 aromatic heterocycles. The molecule has 1 atom stereocenters. The van der Waals surface area contributed by atoms with Gasteiger partial charge < -0.3 is 5.11 Å². The number of nitrogens with zero attached hydrogens (tertiary/aromatic N) is 1. The minimum Gasteiger partial charge on any atom is -0.378 e. The molecule has 1 aliphatic rings. The Kier molecular flexibility index (Phi) is 3.71. The number of allylic oxidation sites excluding steroid dienone is 1. The third-order valence-electron chi connectivity index (χ3n) is 3.45. The Bertz CT molecular complexity index is 233.